The summed E-state index contributed by atoms with van der Waals surface area (Å²) in [5.41, 5.74) is 1.33. The summed E-state index contributed by atoms with van der Waals surface area (Å²) in [4.78, 5) is 1.86. The molecule has 0 aromatic heterocycles. The minimum absolute atomic E-state index is 0.0765. The van der Waals surface area contributed by atoms with Crippen LogP contribution in [0.2, 0.25) is 0 Å². The predicted octanol–water partition coefficient (Wildman–Crippen LogP) is 2.66. The number of sulfone groups is 1. The maximum absolute atomic E-state index is 12.7. The van der Waals surface area contributed by atoms with Crippen molar-refractivity contribution in [3.8, 4) is 5.75 Å². The van der Waals surface area contributed by atoms with E-state index < -0.39 is 15.2 Å². The van der Waals surface area contributed by atoms with E-state index in [1.165, 1.54) is 0 Å². The molecule has 4 nitrogen and oxygen atoms in total. The van der Waals surface area contributed by atoms with Gasteiger partial charge in [-0.25, -0.2) is 8.42 Å². The summed E-state index contributed by atoms with van der Waals surface area (Å²) in [6.45, 7) is 0. The Bertz CT molecular complexity index is 798. The predicted molar refractivity (Wildman–Crippen MR) is 83.0 cm³/mol. The molecule has 1 atom stereocenters. The molecule has 5 heteroatoms. The minimum Gasteiger partial charge on any atom is -0.506 e. The van der Waals surface area contributed by atoms with Crippen LogP contribution in [0.15, 0.2) is 59.5 Å². The Labute approximate surface area is 123 Å². The van der Waals surface area contributed by atoms with E-state index in [0.29, 0.717) is 5.69 Å². The second-order valence-electron chi connectivity index (χ2n) is 4.93. The van der Waals surface area contributed by atoms with Gasteiger partial charge in [0.25, 0.3) is 0 Å². The quantitative estimate of drug-likeness (QED) is 0.926. The van der Waals surface area contributed by atoms with Crippen LogP contribution >= 0.6 is 0 Å². The molecule has 0 fully saturated rings. The van der Waals surface area contributed by atoms with Gasteiger partial charge in [0, 0.05) is 12.6 Å². The Morgan fingerprint density at radius 2 is 1.76 bits per heavy atom. The highest BCUT2D eigenvalue weighted by atomic mass is 32.2. The molecule has 0 saturated heterocycles. The Morgan fingerprint density at radius 3 is 2.48 bits per heavy atom. The molecular weight excluding hydrogens is 286 g/mol. The van der Waals surface area contributed by atoms with Gasteiger partial charge in [-0.3, -0.25) is 0 Å². The molecule has 108 valence electrons. The van der Waals surface area contributed by atoms with Crippen LogP contribution in [0, 0.1) is 0 Å². The van der Waals surface area contributed by atoms with Crippen molar-refractivity contribution in [2.75, 3.05) is 11.9 Å². The number of benzene rings is 2. The molecule has 0 amide bonds. The number of nitrogens with zero attached hydrogens (tertiary/aromatic N) is 1. The maximum atomic E-state index is 12.7. The molecule has 2 aromatic rings. The average Bonchev–Trinajstić information content (AvgIpc) is 2.48. The van der Waals surface area contributed by atoms with Crippen molar-refractivity contribution >= 4 is 21.6 Å². The second kappa shape index (κ2) is 4.93. The molecule has 21 heavy (non-hydrogen) atoms. The summed E-state index contributed by atoms with van der Waals surface area (Å²) in [7, 11) is -1.87. The van der Waals surface area contributed by atoms with Crippen molar-refractivity contribution in [3.05, 3.63) is 60.2 Å². The van der Waals surface area contributed by atoms with Gasteiger partial charge >= 0.3 is 0 Å². The second-order valence-corrected chi connectivity index (χ2v) is 6.98. The summed E-state index contributed by atoms with van der Waals surface area (Å²) in [6, 6.07) is 13.5. The lowest BCUT2D eigenvalue weighted by Gasteiger charge is -2.32. The van der Waals surface area contributed by atoms with E-state index in [0.717, 1.165) is 5.56 Å². The van der Waals surface area contributed by atoms with Gasteiger partial charge in [-0.15, -0.1) is 0 Å². The number of rotatable bonds is 2. The van der Waals surface area contributed by atoms with Crippen LogP contribution in [0.1, 0.15) is 5.56 Å². The fraction of sp³-hybridized carbons (Fsp3) is 0.125. The molecule has 3 rings (SSSR count). The monoisotopic (exact) mass is 301 g/mol. The molecule has 1 heterocycles. The van der Waals surface area contributed by atoms with Gasteiger partial charge in [-0.05, 0) is 24.3 Å². The number of aromatic hydroxyl groups is 1. The standard InChI is InChI=1S/C16H15NO3S/c1-17-15(21(19,20)13-7-3-2-4-8-13)11-10-12-6-5-9-14(18)16(12)17/h2-11,15,18H,1H3. The topological polar surface area (TPSA) is 57.6 Å². The molecule has 0 radical (unpaired) electrons. The molecule has 2 aromatic carbocycles. The van der Waals surface area contributed by atoms with Crippen molar-refractivity contribution < 1.29 is 13.5 Å². The molecule has 0 aliphatic carbocycles. The summed E-state index contributed by atoms with van der Waals surface area (Å²) in [6.07, 6.45) is 3.38. The fourth-order valence-corrected chi connectivity index (χ4v) is 4.19. The number of hydrogen-bond acceptors (Lipinski definition) is 4. The molecule has 1 unspecified atom stereocenters. The SMILES string of the molecule is CN1c2c(O)cccc2C=CC1S(=O)(=O)c1ccccc1. The Morgan fingerprint density at radius 1 is 1.05 bits per heavy atom. The zero-order chi connectivity index (χ0) is 15.0. The lowest BCUT2D eigenvalue weighted by atomic mass is 10.1. The summed E-state index contributed by atoms with van der Waals surface area (Å²) in [5, 5.41) is 9.18. The summed E-state index contributed by atoms with van der Waals surface area (Å²) >= 11 is 0. The van der Waals surface area contributed by atoms with Gasteiger partial charge in [0.1, 0.15) is 5.75 Å². The van der Waals surface area contributed by atoms with E-state index >= 15 is 0 Å². The number of anilines is 1. The summed E-state index contributed by atoms with van der Waals surface area (Å²) in [5.74, 6) is 0.0765. The Balaban J connectivity index is 2.09. The van der Waals surface area contributed by atoms with E-state index in [-0.39, 0.29) is 10.6 Å². The number of hydrogen-bond donors (Lipinski definition) is 1. The number of phenolic OH excluding ortho intramolecular Hbond substituents is 1. The van der Waals surface area contributed by atoms with E-state index in [9.17, 15) is 13.5 Å². The minimum atomic E-state index is -3.54. The molecule has 1 aliphatic rings. The molecular formula is C16H15NO3S. The third-order valence-electron chi connectivity index (χ3n) is 3.61. The number of likely N-dealkylation sites (N-methyl/N-ethyl adjacent to an activating group) is 1. The van der Waals surface area contributed by atoms with Crippen LogP contribution in [-0.4, -0.2) is 25.9 Å². The normalized spacial score (nSPS) is 17.6. The van der Waals surface area contributed by atoms with Crippen molar-refractivity contribution in [1.82, 2.24) is 0 Å². The lowest BCUT2D eigenvalue weighted by Crippen LogP contribution is -2.38. The van der Waals surface area contributed by atoms with Gasteiger partial charge in [0.15, 0.2) is 5.37 Å². The molecule has 1 aliphatic heterocycles. The third kappa shape index (κ3) is 2.19. The number of fused-ring (bicyclic) bond motifs is 1. The van der Waals surface area contributed by atoms with Gasteiger partial charge in [-0.2, -0.15) is 0 Å². The smallest absolute Gasteiger partial charge is 0.203 e. The van der Waals surface area contributed by atoms with Crippen LogP contribution in [0.25, 0.3) is 6.08 Å². The van der Waals surface area contributed by atoms with Crippen molar-refractivity contribution in [1.29, 1.82) is 0 Å². The molecule has 1 N–H and O–H groups in total. The van der Waals surface area contributed by atoms with E-state index in [1.807, 2.05) is 6.07 Å². The highest BCUT2D eigenvalue weighted by molar-refractivity contribution is 7.92. The van der Waals surface area contributed by atoms with Crippen LogP contribution in [0.5, 0.6) is 5.75 Å². The largest absolute Gasteiger partial charge is 0.506 e. The van der Waals surface area contributed by atoms with E-state index in [2.05, 4.69) is 0 Å². The van der Waals surface area contributed by atoms with Crippen molar-refractivity contribution in [3.63, 3.8) is 0 Å². The molecule has 0 bridgehead atoms. The van der Waals surface area contributed by atoms with Crippen molar-refractivity contribution in [2.24, 2.45) is 0 Å². The first kappa shape index (κ1) is 13.7. The molecule has 0 spiro atoms. The van der Waals surface area contributed by atoms with Crippen molar-refractivity contribution in [2.45, 2.75) is 10.3 Å². The first-order valence-electron chi connectivity index (χ1n) is 6.54. The zero-order valence-electron chi connectivity index (χ0n) is 11.5. The average molecular weight is 301 g/mol. The van der Waals surface area contributed by atoms with Crippen LogP contribution in [0.4, 0.5) is 5.69 Å². The van der Waals surface area contributed by atoms with Crippen LogP contribution < -0.4 is 4.90 Å². The summed E-state index contributed by atoms with van der Waals surface area (Å²) < 4.78 is 25.5. The van der Waals surface area contributed by atoms with Crippen LogP contribution in [0.3, 0.4) is 0 Å². The van der Waals surface area contributed by atoms with Gasteiger partial charge in [0.2, 0.25) is 9.84 Å². The molecule has 0 saturated carbocycles. The first-order valence-corrected chi connectivity index (χ1v) is 8.08. The van der Waals surface area contributed by atoms with Gasteiger partial charge in [-0.1, -0.05) is 36.4 Å². The first-order chi connectivity index (χ1) is 10.0. The highest BCUT2D eigenvalue weighted by Crippen LogP contribution is 2.38. The maximum Gasteiger partial charge on any atom is 0.203 e. The van der Waals surface area contributed by atoms with Gasteiger partial charge < -0.3 is 10.0 Å². The van der Waals surface area contributed by atoms with Gasteiger partial charge in [0.05, 0.1) is 10.6 Å². The Kier molecular flexibility index (Phi) is 3.22. The zero-order valence-corrected chi connectivity index (χ0v) is 12.3. The Hall–Kier alpha value is -2.27. The van der Waals surface area contributed by atoms with E-state index in [1.54, 1.807) is 66.6 Å². The van der Waals surface area contributed by atoms with E-state index in [4.69, 9.17) is 0 Å². The van der Waals surface area contributed by atoms with Crippen LogP contribution in [-0.2, 0) is 9.84 Å². The fourth-order valence-electron chi connectivity index (χ4n) is 2.57. The lowest BCUT2D eigenvalue weighted by molar-refractivity contribution is 0.474. The number of phenols is 1. The highest BCUT2D eigenvalue weighted by Gasteiger charge is 2.33. The number of para-hydroxylation sites is 1. The third-order valence-corrected chi connectivity index (χ3v) is 5.65.